The highest BCUT2D eigenvalue weighted by Gasteiger charge is 2.11. The van der Waals surface area contributed by atoms with E-state index in [0.717, 1.165) is 22.3 Å². The number of anilines is 4. The van der Waals surface area contributed by atoms with Gasteiger partial charge >= 0.3 is 0 Å². The van der Waals surface area contributed by atoms with E-state index in [2.05, 4.69) is 25.9 Å². The number of halogens is 1. The summed E-state index contributed by atoms with van der Waals surface area (Å²) >= 11 is 6.23. The molecule has 0 fully saturated rings. The van der Waals surface area contributed by atoms with Gasteiger partial charge in [0.1, 0.15) is 5.75 Å². The number of rotatable bonds is 7. The Morgan fingerprint density at radius 1 is 1.00 bits per heavy atom. The van der Waals surface area contributed by atoms with E-state index in [1.54, 1.807) is 33.2 Å². The van der Waals surface area contributed by atoms with Crippen molar-refractivity contribution in [1.29, 1.82) is 0 Å². The number of para-hydroxylation sites is 2. The summed E-state index contributed by atoms with van der Waals surface area (Å²) < 4.78 is 5.22. The molecular formula is C31H43ClN6O3. The molecule has 1 aromatic heterocycles. The number of aromatic nitrogens is 2. The van der Waals surface area contributed by atoms with Gasteiger partial charge in [0.2, 0.25) is 5.91 Å². The highest BCUT2D eigenvalue weighted by Crippen LogP contribution is 2.31. The summed E-state index contributed by atoms with van der Waals surface area (Å²) in [7, 11) is 3.42. The number of ether oxygens (including phenoxy) is 1. The summed E-state index contributed by atoms with van der Waals surface area (Å²) in [6.45, 7) is 9.80. The fourth-order valence-corrected chi connectivity index (χ4v) is 3.42. The molecular weight excluding hydrogens is 540 g/mol. The number of fused-ring (bicyclic) bond motifs is 1. The molecule has 10 heteroatoms. The molecule has 1 atom stereocenters. The Kier molecular flexibility index (Phi) is 16.4. The van der Waals surface area contributed by atoms with Crippen molar-refractivity contribution < 1.29 is 14.6 Å². The normalized spacial score (nSPS) is 10.4. The van der Waals surface area contributed by atoms with Crippen LogP contribution in [-0.2, 0) is 4.79 Å². The molecule has 6 N–H and O–H groups in total. The summed E-state index contributed by atoms with van der Waals surface area (Å²) in [6.07, 6.45) is 0.650. The fraction of sp³-hybridized carbons (Fsp3) is 0.323. The number of hydrogen-bond donors (Lipinski definition) is 5. The summed E-state index contributed by atoms with van der Waals surface area (Å²) in [6, 6.07) is 20.3. The number of hydrogen-bond acceptors (Lipinski definition) is 8. The van der Waals surface area contributed by atoms with E-state index in [9.17, 15) is 4.79 Å². The van der Waals surface area contributed by atoms with E-state index in [0.29, 0.717) is 34.5 Å². The largest absolute Gasteiger partial charge is 0.497 e. The minimum atomic E-state index is -0.421. The average Bonchev–Trinajstić information content (AvgIpc) is 2.99. The van der Waals surface area contributed by atoms with Crippen LogP contribution in [0.5, 0.6) is 5.75 Å². The number of nitrogens with two attached hydrogens (primary N) is 1. The Labute approximate surface area is 248 Å². The van der Waals surface area contributed by atoms with Crippen LogP contribution >= 0.6 is 11.6 Å². The fourth-order valence-electron chi connectivity index (χ4n) is 3.26. The molecule has 0 aliphatic carbocycles. The Bertz CT molecular complexity index is 1350. The molecule has 0 saturated heterocycles. The topological polar surface area (TPSA) is 134 Å². The molecule has 0 spiro atoms. The van der Waals surface area contributed by atoms with Gasteiger partial charge < -0.3 is 31.5 Å². The molecule has 1 unspecified atom stereocenters. The van der Waals surface area contributed by atoms with Gasteiger partial charge in [-0.05, 0) is 62.2 Å². The van der Waals surface area contributed by atoms with Crippen LogP contribution < -0.4 is 26.4 Å². The third-order valence-electron chi connectivity index (χ3n) is 5.30. The zero-order valence-corrected chi connectivity index (χ0v) is 25.7. The number of carbonyl (C=O) groups excluding carboxylic acids is 1. The van der Waals surface area contributed by atoms with Gasteiger partial charge in [-0.3, -0.25) is 4.79 Å². The lowest BCUT2D eigenvalue weighted by Gasteiger charge is -2.13. The number of aliphatic hydroxyl groups is 1. The number of benzene rings is 3. The van der Waals surface area contributed by atoms with Gasteiger partial charge in [-0.15, -0.1) is 0 Å². The van der Waals surface area contributed by atoms with Gasteiger partial charge in [0, 0.05) is 25.4 Å². The number of carbonyl (C=O) groups is 1. The van der Waals surface area contributed by atoms with Crippen molar-refractivity contribution in [3.05, 3.63) is 77.3 Å². The van der Waals surface area contributed by atoms with Gasteiger partial charge in [0.15, 0.2) is 11.6 Å². The first kappa shape index (κ1) is 35.1. The van der Waals surface area contributed by atoms with Crippen LogP contribution in [0.1, 0.15) is 39.7 Å². The quantitative estimate of drug-likeness (QED) is 0.161. The maximum absolute atomic E-state index is 11.4. The Morgan fingerprint density at radius 3 is 2.15 bits per heavy atom. The number of nitrogens with zero attached hydrogens (tertiary/aromatic N) is 2. The van der Waals surface area contributed by atoms with Crippen molar-refractivity contribution in [3.8, 4) is 5.75 Å². The van der Waals surface area contributed by atoms with Gasteiger partial charge in [-0.25, -0.2) is 9.97 Å². The zero-order chi connectivity index (χ0) is 30.8. The molecule has 222 valence electrons. The molecule has 0 bridgehead atoms. The number of amides is 1. The van der Waals surface area contributed by atoms with Crippen LogP contribution in [0.2, 0.25) is 5.02 Å². The zero-order valence-electron chi connectivity index (χ0n) is 25.0. The minimum Gasteiger partial charge on any atom is -0.497 e. The first-order valence-electron chi connectivity index (χ1n) is 13.5. The molecule has 0 aliphatic rings. The van der Waals surface area contributed by atoms with E-state index in [1.165, 1.54) is 0 Å². The molecule has 3 aromatic carbocycles. The molecule has 41 heavy (non-hydrogen) atoms. The monoisotopic (exact) mass is 582 g/mol. The van der Waals surface area contributed by atoms with Crippen molar-refractivity contribution in [1.82, 2.24) is 9.97 Å². The number of aliphatic hydroxyl groups excluding tert-OH is 1. The standard InChI is InChI=1S/C16H15ClN4O.C11H16N2O.C2H6O.C2H6/c1-18-15-16(20-13-6-4-3-5-12(13)19-15)21-14-9-10(22-2)7-8-11(14)17;1-3-10(12)11(14)13-9-6-4-5-8(2)7-9;1-2-3;1-2/h3-9H,1-2H3,(H,18,19)(H,20,21);4-7,10H,3,12H2,1-2H3,(H,13,14);3H,2H2,1H3;1-2H3. The number of nitrogens with one attached hydrogen (secondary N) is 3. The molecule has 0 radical (unpaired) electrons. The van der Waals surface area contributed by atoms with E-state index in [-0.39, 0.29) is 12.5 Å². The molecule has 9 nitrogen and oxygen atoms in total. The lowest BCUT2D eigenvalue weighted by atomic mass is 10.2. The lowest BCUT2D eigenvalue weighted by molar-refractivity contribution is -0.117. The minimum absolute atomic E-state index is 0.127. The summed E-state index contributed by atoms with van der Waals surface area (Å²) in [5.41, 5.74) is 9.86. The highest BCUT2D eigenvalue weighted by molar-refractivity contribution is 6.33. The van der Waals surface area contributed by atoms with Crippen LogP contribution in [0.4, 0.5) is 23.0 Å². The lowest BCUT2D eigenvalue weighted by Crippen LogP contribution is -2.34. The second-order valence-corrected chi connectivity index (χ2v) is 8.73. The van der Waals surface area contributed by atoms with Crippen LogP contribution in [0.25, 0.3) is 11.0 Å². The predicted octanol–water partition coefficient (Wildman–Crippen LogP) is 6.77. The number of methoxy groups -OCH3 is 1. The van der Waals surface area contributed by atoms with Gasteiger partial charge in [-0.1, -0.05) is 56.6 Å². The van der Waals surface area contributed by atoms with Crippen molar-refractivity contribution >= 4 is 51.6 Å². The Hall–Kier alpha value is -3.92. The SMILES string of the molecule is CC.CCC(N)C(=O)Nc1cccc(C)c1.CCO.CNc1nc2ccccc2nc1Nc1cc(OC)ccc1Cl. The van der Waals surface area contributed by atoms with E-state index in [1.807, 2.05) is 82.3 Å². The van der Waals surface area contributed by atoms with Crippen molar-refractivity contribution in [3.63, 3.8) is 0 Å². The van der Waals surface area contributed by atoms with Gasteiger partial charge in [0.25, 0.3) is 0 Å². The summed E-state index contributed by atoms with van der Waals surface area (Å²) in [4.78, 5) is 20.6. The van der Waals surface area contributed by atoms with E-state index >= 15 is 0 Å². The van der Waals surface area contributed by atoms with Crippen molar-refractivity contribution in [2.45, 2.75) is 47.1 Å². The van der Waals surface area contributed by atoms with Crippen molar-refractivity contribution in [2.24, 2.45) is 5.73 Å². The predicted molar refractivity (Wildman–Crippen MR) is 173 cm³/mol. The van der Waals surface area contributed by atoms with E-state index in [4.69, 9.17) is 27.2 Å². The van der Waals surface area contributed by atoms with Crippen LogP contribution in [0.3, 0.4) is 0 Å². The van der Waals surface area contributed by atoms with E-state index < -0.39 is 6.04 Å². The molecule has 4 rings (SSSR count). The Balaban J connectivity index is 0.000000381. The third-order valence-corrected chi connectivity index (χ3v) is 5.63. The molecule has 4 aromatic rings. The summed E-state index contributed by atoms with van der Waals surface area (Å²) in [5.74, 6) is 1.85. The van der Waals surface area contributed by atoms with Crippen LogP contribution in [-0.4, -0.2) is 47.8 Å². The molecule has 1 amide bonds. The maximum atomic E-state index is 11.4. The third kappa shape index (κ3) is 11.6. The van der Waals surface area contributed by atoms with Crippen LogP contribution in [0.15, 0.2) is 66.7 Å². The molecule has 1 heterocycles. The Morgan fingerprint density at radius 2 is 1.61 bits per heavy atom. The maximum Gasteiger partial charge on any atom is 0.241 e. The summed E-state index contributed by atoms with van der Waals surface area (Å²) in [5, 5.41) is 17.2. The van der Waals surface area contributed by atoms with Crippen molar-refractivity contribution in [2.75, 3.05) is 36.7 Å². The van der Waals surface area contributed by atoms with Gasteiger partial charge in [0.05, 0.1) is 34.9 Å². The average molecular weight is 583 g/mol. The first-order chi connectivity index (χ1) is 19.8. The highest BCUT2D eigenvalue weighted by atomic mass is 35.5. The second kappa shape index (κ2) is 19.2. The number of aryl methyl sites for hydroxylation is 1. The molecule has 0 aliphatic heterocycles. The second-order valence-electron chi connectivity index (χ2n) is 8.32. The van der Waals surface area contributed by atoms with Crippen LogP contribution in [0, 0.1) is 6.92 Å². The first-order valence-corrected chi connectivity index (χ1v) is 13.9. The molecule has 0 saturated carbocycles. The smallest absolute Gasteiger partial charge is 0.241 e. The van der Waals surface area contributed by atoms with Gasteiger partial charge in [-0.2, -0.15) is 0 Å².